The van der Waals surface area contributed by atoms with Crippen molar-refractivity contribution in [3.8, 4) is 5.75 Å². The third-order valence-electron chi connectivity index (χ3n) is 6.22. The summed E-state index contributed by atoms with van der Waals surface area (Å²) in [5.41, 5.74) is -0.00354. The van der Waals surface area contributed by atoms with Crippen molar-refractivity contribution in [1.82, 2.24) is 5.32 Å². The van der Waals surface area contributed by atoms with Crippen LogP contribution in [0.4, 0.5) is 30.2 Å². The molecule has 0 saturated carbocycles. The largest absolute Gasteiger partial charge is 0.481 e. The standard InChI is InChI=1S/C27H27F3N4O4/c1-19(38-23-5-3-2-4-6-23)26(35)33(18-20-7-9-21(10-8-20)27(28,29)30)25-17-22(11-12-24(25)34(36)37)32-15-13-31-14-16-32/h2-12,17,19,31H,13-16,18H2,1H3. The summed E-state index contributed by atoms with van der Waals surface area (Å²) in [5, 5.41) is 15.2. The Hall–Kier alpha value is -4.12. The van der Waals surface area contributed by atoms with E-state index in [2.05, 4.69) is 10.2 Å². The summed E-state index contributed by atoms with van der Waals surface area (Å²) in [5.74, 6) is -0.138. The van der Waals surface area contributed by atoms with Crippen molar-refractivity contribution in [2.45, 2.75) is 25.7 Å². The maximum Gasteiger partial charge on any atom is 0.416 e. The number of carbonyl (C=O) groups is 1. The number of ether oxygens (including phenoxy) is 1. The number of alkyl halides is 3. The first-order valence-corrected chi connectivity index (χ1v) is 12.1. The second-order valence-corrected chi connectivity index (χ2v) is 8.86. The molecule has 4 rings (SSSR count). The highest BCUT2D eigenvalue weighted by Gasteiger charge is 2.32. The smallest absolute Gasteiger partial charge is 0.416 e. The van der Waals surface area contributed by atoms with Crippen molar-refractivity contribution < 1.29 is 27.6 Å². The van der Waals surface area contributed by atoms with Gasteiger partial charge >= 0.3 is 6.18 Å². The lowest BCUT2D eigenvalue weighted by Gasteiger charge is -2.31. The van der Waals surface area contributed by atoms with Crippen molar-refractivity contribution in [2.24, 2.45) is 0 Å². The Labute approximate surface area is 217 Å². The number of nitrogens with one attached hydrogen (secondary N) is 1. The lowest BCUT2D eigenvalue weighted by atomic mass is 10.1. The minimum Gasteiger partial charge on any atom is -0.481 e. The maximum absolute atomic E-state index is 13.7. The molecule has 0 aromatic heterocycles. The molecule has 1 atom stereocenters. The SMILES string of the molecule is CC(Oc1ccccc1)C(=O)N(Cc1ccc(C(F)(F)F)cc1)c1cc(N2CCNCC2)ccc1[N+](=O)[O-]. The lowest BCUT2D eigenvalue weighted by molar-refractivity contribution is -0.384. The molecular formula is C27H27F3N4O4. The van der Waals surface area contributed by atoms with Crippen LogP contribution in [0.15, 0.2) is 72.8 Å². The zero-order valence-corrected chi connectivity index (χ0v) is 20.6. The number of hydrogen-bond donors (Lipinski definition) is 1. The van der Waals surface area contributed by atoms with E-state index in [-0.39, 0.29) is 17.9 Å². The van der Waals surface area contributed by atoms with Crippen molar-refractivity contribution in [3.63, 3.8) is 0 Å². The summed E-state index contributed by atoms with van der Waals surface area (Å²) in [6, 6.07) is 17.6. The molecule has 1 N–H and O–H groups in total. The van der Waals surface area contributed by atoms with E-state index >= 15 is 0 Å². The molecule has 0 bridgehead atoms. The Bertz CT molecular complexity index is 1260. The zero-order chi connectivity index (χ0) is 27.3. The molecule has 0 radical (unpaired) electrons. The number of carbonyl (C=O) groups excluding carboxylic acids is 1. The highest BCUT2D eigenvalue weighted by molar-refractivity contribution is 5.99. The van der Waals surface area contributed by atoms with Gasteiger partial charge in [-0.05, 0) is 48.9 Å². The van der Waals surface area contributed by atoms with Crippen molar-refractivity contribution in [3.05, 3.63) is 94.0 Å². The molecule has 1 amide bonds. The number of nitrogens with zero attached hydrogens (tertiary/aromatic N) is 3. The van der Waals surface area contributed by atoms with Crippen LogP contribution >= 0.6 is 0 Å². The average Bonchev–Trinajstić information content (AvgIpc) is 2.92. The van der Waals surface area contributed by atoms with Crippen LogP contribution in [0.3, 0.4) is 0 Å². The van der Waals surface area contributed by atoms with Gasteiger partial charge in [0.2, 0.25) is 0 Å². The first kappa shape index (κ1) is 26.9. The number of benzene rings is 3. The number of piperazine rings is 1. The molecule has 38 heavy (non-hydrogen) atoms. The summed E-state index contributed by atoms with van der Waals surface area (Å²) in [7, 11) is 0. The second-order valence-electron chi connectivity index (χ2n) is 8.86. The Kier molecular flexibility index (Phi) is 8.16. The van der Waals surface area contributed by atoms with Gasteiger partial charge in [0.25, 0.3) is 11.6 Å². The Balaban J connectivity index is 1.73. The molecule has 1 fully saturated rings. The van der Waals surface area contributed by atoms with E-state index in [1.807, 2.05) is 0 Å². The number of para-hydroxylation sites is 1. The van der Waals surface area contributed by atoms with E-state index in [4.69, 9.17) is 4.74 Å². The van der Waals surface area contributed by atoms with Gasteiger partial charge in [-0.3, -0.25) is 19.8 Å². The second kappa shape index (κ2) is 11.5. The third-order valence-corrected chi connectivity index (χ3v) is 6.22. The molecule has 200 valence electrons. The Morgan fingerprint density at radius 3 is 2.34 bits per heavy atom. The van der Waals surface area contributed by atoms with Gasteiger partial charge in [-0.2, -0.15) is 13.2 Å². The predicted molar refractivity (Wildman–Crippen MR) is 137 cm³/mol. The molecule has 1 unspecified atom stereocenters. The van der Waals surface area contributed by atoms with Crippen LogP contribution in [0.25, 0.3) is 0 Å². The van der Waals surface area contributed by atoms with Gasteiger partial charge in [-0.25, -0.2) is 0 Å². The highest BCUT2D eigenvalue weighted by atomic mass is 19.4. The first-order valence-electron chi connectivity index (χ1n) is 12.1. The fourth-order valence-corrected chi connectivity index (χ4v) is 4.24. The van der Waals surface area contributed by atoms with Gasteiger partial charge in [0.1, 0.15) is 11.4 Å². The number of halogens is 3. The quantitative estimate of drug-likeness (QED) is 0.326. The molecule has 1 heterocycles. The van der Waals surface area contributed by atoms with Crippen LogP contribution in [0.5, 0.6) is 5.75 Å². The topological polar surface area (TPSA) is 88.0 Å². The van der Waals surface area contributed by atoms with Crippen LogP contribution in [0.1, 0.15) is 18.1 Å². The minimum absolute atomic E-state index is 0.0412. The zero-order valence-electron chi connectivity index (χ0n) is 20.6. The van der Waals surface area contributed by atoms with Gasteiger partial charge in [0.15, 0.2) is 6.10 Å². The van der Waals surface area contributed by atoms with E-state index in [1.54, 1.807) is 42.5 Å². The van der Waals surface area contributed by atoms with E-state index in [0.29, 0.717) is 30.1 Å². The lowest BCUT2D eigenvalue weighted by Crippen LogP contribution is -2.44. The summed E-state index contributed by atoms with van der Waals surface area (Å²) >= 11 is 0. The monoisotopic (exact) mass is 528 g/mol. The number of nitro groups is 1. The van der Waals surface area contributed by atoms with E-state index in [0.717, 1.165) is 25.2 Å². The van der Waals surface area contributed by atoms with Gasteiger partial charge < -0.3 is 15.0 Å². The first-order chi connectivity index (χ1) is 18.1. The Morgan fingerprint density at radius 1 is 1.08 bits per heavy atom. The number of amides is 1. The third kappa shape index (κ3) is 6.41. The van der Waals surface area contributed by atoms with Gasteiger partial charge in [0, 0.05) is 37.9 Å². The molecular weight excluding hydrogens is 501 g/mol. The molecule has 1 aliphatic rings. The maximum atomic E-state index is 13.7. The molecule has 0 spiro atoms. The summed E-state index contributed by atoms with van der Waals surface area (Å²) < 4.78 is 45.1. The van der Waals surface area contributed by atoms with E-state index < -0.39 is 28.7 Å². The molecule has 1 aliphatic heterocycles. The van der Waals surface area contributed by atoms with Crippen LogP contribution in [0.2, 0.25) is 0 Å². The molecule has 11 heteroatoms. The molecule has 3 aromatic carbocycles. The minimum atomic E-state index is -4.51. The normalized spacial score (nSPS) is 14.6. The average molecular weight is 529 g/mol. The molecule has 3 aromatic rings. The van der Waals surface area contributed by atoms with Gasteiger partial charge in [-0.1, -0.05) is 30.3 Å². The summed E-state index contributed by atoms with van der Waals surface area (Å²) in [4.78, 5) is 28.4. The van der Waals surface area contributed by atoms with Gasteiger partial charge in [0.05, 0.1) is 17.0 Å². The van der Waals surface area contributed by atoms with Crippen LogP contribution in [-0.2, 0) is 17.5 Å². The van der Waals surface area contributed by atoms with Crippen molar-refractivity contribution >= 4 is 23.0 Å². The Morgan fingerprint density at radius 2 is 1.74 bits per heavy atom. The number of hydrogen-bond acceptors (Lipinski definition) is 6. The molecule has 8 nitrogen and oxygen atoms in total. The van der Waals surface area contributed by atoms with Crippen LogP contribution < -0.4 is 19.9 Å². The van der Waals surface area contributed by atoms with Crippen LogP contribution in [0, 0.1) is 10.1 Å². The molecule has 0 aliphatic carbocycles. The van der Waals surface area contributed by atoms with Gasteiger partial charge in [-0.15, -0.1) is 0 Å². The van der Waals surface area contributed by atoms with E-state index in [9.17, 15) is 28.1 Å². The highest BCUT2D eigenvalue weighted by Crippen LogP contribution is 2.35. The van der Waals surface area contributed by atoms with Crippen LogP contribution in [-0.4, -0.2) is 43.1 Å². The van der Waals surface area contributed by atoms with Crippen molar-refractivity contribution in [2.75, 3.05) is 36.0 Å². The van der Waals surface area contributed by atoms with Crippen molar-refractivity contribution in [1.29, 1.82) is 0 Å². The summed E-state index contributed by atoms with van der Waals surface area (Å²) in [6.07, 6.45) is -5.54. The summed E-state index contributed by atoms with van der Waals surface area (Å²) in [6.45, 7) is 4.17. The molecule has 1 saturated heterocycles. The fraction of sp³-hybridized carbons (Fsp3) is 0.296. The predicted octanol–water partition coefficient (Wildman–Crippen LogP) is 5.02. The number of anilines is 2. The fourth-order valence-electron chi connectivity index (χ4n) is 4.24. The number of rotatable bonds is 8. The van der Waals surface area contributed by atoms with E-state index in [1.165, 1.54) is 30.0 Å². The number of nitro benzene ring substituents is 1.